The van der Waals surface area contributed by atoms with E-state index in [0.29, 0.717) is 12.8 Å². The lowest BCUT2D eigenvalue weighted by atomic mass is 9.83. The van der Waals surface area contributed by atoms with Gasteiger partial charge in [-0.1, -0.05) is 26.8 Å². The zero-order chi connectivity index (χ0) is 13.7. The highest BCUT2D eigenvalue weighted by molar-refractivity contribution is 5.29. The Balaban J connectivity index is 2.52. The lowest BCUT2D eigenvalue weighted by molar-refractivity contribution is -0.00479. The Morgan fingerprint density at radius 1 is 1.17 bits per heavy atom. The first-order valence-electron chi connectivity index (χ1n) is 6.04. The zero-order valence-corrected chi connectivity index (χ0v) is 10.7. The summed E-state index contributed by atoms with van der Waals surface area (Å²) >= 11 is 0. The summed E-state index contributed by atoms with van der Waals surface area (Å²) in [6.45, 7) is 5.74. The van der Waals surface area contributed by atoms with Crippen LogP contribution in [0.4, 0.5) is 13.2 Å². The van der Waals surface area contributed by atoms with Crippen LogP contribution in [0.1, 0.15) is 39.2 Å². The summed E-state index contributed by atoms with van der Waals surface area (Å²) in [7, 11) is 0. The smallest absolute Gasteiger partial charge is 0.194 e. The van der Waals surface area contributed by atoms with E-state index in [9.17, 15) is 18.3 Å². The molecule has 1 N–H and O–H groups in total. The summed E-state index contributed by atoms with van der Waals surface area (Å²) < 4.78 is 40.0. The molecule has 18 heavy (non-hydrogen) atoms. The minimum Gasteiger partial charge on any atom is -0.385 e. The first kappa shape index (κ1) is 13.4. The lowest BCUT2D eigenvalue weighted by Gasteiger charge is -2.29. The molecule has 1 aliphatic rings. The monoisotopic (exact) mass is 258 g/mol. The Morgan fingerprint density at radius 3 is 2.28 bits per heavy atom. The van der Waals surface area contributed by atoms with E-state index in [4.69, 9.17) is 0 Å². The van der Waals surface area contributed by atoms with E-state index in [2.05, 4.69) is 0 Å². The van der Waals surface area contributed by atoms with Gasteiger partial charge in [0.1, 0.15) is 0 Å². The molecular weight excluding hydrogens is 241 g/mol. The van der Waals surface area contributed by atoms with Crippen molar-refractivity contribution in [1.29, 1.82) is 0 Å². The van der Waals surface area contributed by atoms with Crippen molar-refractivity contribution in [2.24, 2.45) is 11.3 Å². The molecule has 4 heteroatoms. The molecule has 0 aliphatic heterocycles. The van der Waals surface area contributed by atoms with E-state index in [1.54, 1.807) is 6.92 Å². The third-order valence-electron chi connectivity index (χ3n) is 3.92. The van der Waals surface area contributed by atoms with Gasteiger partial charge >= 0.3 is 0 Å². The standard InChI is InChI=1S/C14H17F3O/c1-8-6-13(2,3)7-14(8,18)9-4-5-10(15)12(17)11(9)16/h4-5,8,18H,6-7H2,1-3H3. The first-order chi connectivity index (χ1) is 8.17. The molecule has 0 spiro atoms. The molecule has 1 aromatic rings. The molecule has 1 saturated carbocycles. The van der Waals surface area contributed by atoms with Crippen LogP contribution >= 0.6 is 0 Å². The normalized spacial score (nSPS) is 30.7. The second-order valence-electron chi connectivity index (χ2n) is 6.09. The largest absolute Gasteiger partial charge is 0.385 e. The van der Waals surface area contributed by atoms with Crippen molar-refractivity contribution < 1.29 is 18.3 Å². The van der Waals surface area contributed by atoms with Crippen molar-refractivity contribution in [3.63, 3.8) is 0 Å². The molecule has 2 unspecified atom stereocenters. The lowest BCUT2D eigenvalue weighted by Crippen LogP contribution is -2.31. The molecule has 0 saturated heterocycles. The Kier molecular flexibility index (Phi) is 2.97. The Hall–Kier alpha value is -1.03. The summed E-state index contributed by atoms with van der Waals surface area (Å²) in [6, 6.07) is 2.01. The van der Waals surface area contributed by atoms with Gasteiger partial charge in [0.25, 0.3) is 0 Å². The van der Waals surface area contributed by atoms with Crippen molar-refractivity contribution in [3.8, 4) is 0 Å². The summed E-state index contributed by atoms with van der Waals surface area (Å²) in [6.07, 6.45) is 1.05. The van der Waals surface area contributed by atoms with Crippen LogP contribution in [0.5, 0.6) is 0 Å². The molecule has 1 fully saturated rings. The fourth-order valence-corrected chi connectivity index (χ4v) is 3.19. The molecule has 1 nitrogen and oxygen atoms in total. The van der Waals surface area contributed by atoms with Crippen LogP contribution in [0.3, 0.4) is 0 Å². The molecule has 0 heterocycles. The summed E-state index contributed by atoms with van der Waals surface area (Å²) in [5.41, 5.74) is -1.72. The fraction of sp³-hybridized carbons (Fsp3) is 0.571. The van der Waals surface area contributed by atoms with Gasteiger partial charge in [-0.2, -0.15) is 0 Å². The first-order valence-corrected chi connectivity index (χ1v) is 6.04. The summed E-state index contributed by atoms with van der Waals surface area (Å²) in [5, 5.41) is 10.6. The zero-order valence-electron chi connectivity index (χ0n) is 10.7. The average Bonchev–Trinajstić information content (AvgIpc) is 2.44. The van der Waals surface area contributed by atoms with E-state index in [0.717, 1.165) is 12.1 Å². The maximum atomic E-state index is 13.8. The van der Waals surface area contributed by atoms with Gasteiger partial charge < -0.3 is 5.11 Å². The van der Waals surface area contributed by atoms with Crippen LogP contribution in [0, 0.1) is 28.8 Å². The molecule has 100 valence electrons. The second-order valence-corrected chi connectivity index (χ2v) is 6.09. The van der Waals surface area contributed by atoms with Gasteiger partial charge in [0.05, 0.1) is 5.60 Å². The topological polar surface area (TPSA) is 20.2 Å². The summed E-state index contributed by atoms with van der Waals surface area (Å²) in [4.78, 5) is 0. The van der Waals surface area contributed by atoms with Crippen LogP contribution in [0.15, 0.2) is 12.1 Å². The Bertz CT molecular complexity index is 484. The van der Waals surface area contributed by atoms with Crippen LogP contribution in [0.25, 0.3) is 0 Å². The van der Waals surface area contributed by atoms with Gasteiger partial charge in [-0.3, -0.25) is 0 Å². The quantitative estimate of drug-likeness (QED) is 0.761. The van der Waals surface area contributed by atoms with Crippen LogP contribution in [-0.4, -0.2) is 5.11 Å². The number of aliphatic hydroxyl groups is 1. The molecule has 1 aliphatic carbocycles. The third kappa shape index (κ3) is 1.92. The molecule has 0 radical (unpaired) electrons. The van der Waals surface area contributed by atoms with E-state index >= 15 is 0 Å². The van der Waals surface area contributed by atoms with Gasteiger partial charge in [0, 0.05) is 5.56 Å². The van der Waals surface area contributed by atoms with Gasteiger partial charge in [0.15, 0.2) is 17.5 Å². The predicted molar refractivity (Wildman–Crippen MR) is 62.4 cm³/mol. The molecular formula is C14H17F3O. The predicted octanol–water partition coefficient (Wildman–Crippen LogP) is 3.75. The van der Waals surface area contributed by atoms with E-state index < -0.39 is 23.1 Å². The van der Waals surface area contributed by atoms with Gasteiger partial charge in [0.2, 0.25) is 0 Å². The van der Waals surface area contributed by atoms with Crippen molar-refractivity contribution in [2.75, 3.05) is 0 Å². The highest BCUT2D eigenvalue weighted by Gasteiger charge is 2.50. The second kappa shape index (κ2) is 3.98. The van der Waals surface area contributed by atoms with Crippen molar-refractivity contribution >= 4 is 0 Å². The molecule has 0 amide bonds. The van der Waals surface area contributed by atoms with E-state index in [-0.39, 0.29) is 16.9 Å². The van der Waals surface area contributed by atoms with Crippen LogP contribution in [-0.2, 0) is 5.60 Å². The molecule has 0 bridgehead atoms. The molecule has 0 aromatic heterocycles. The minimum absolute atomic E-state index is 0.139. The van der Waals surface area contributed by atoms with Gasteiger partial charge in [-0.25, -0.2) is 13.2 Å². The van der Waals surface area contributed by atoms with E-state index in [1.807, 2.05) is 13.8 Å². The molecule has 2 atom stereocenters. The highest BCUT2D eigenvalue weighted by atomic mass is 19.2. The average molecular weight is 258 g/mol. The maximum absolute atomic E-state index is 13.8. The number of halogens is 3. The van der Waals surface area contributed by atoms with Crippen LogP contribution in [0.2, 0.25) is 0 Å². The number of hydrogen-bond donors (Lipinski definition) is 1. The van der Waals surface area contributed by atoms with Crippen molar-refractivity contribution in [3.05, 3.63) is 35.1 Å². The number of hydrogen-bond acceptors (Lipinski definition) is 1. The van der Waals surface area contributed by atoms with Gasteiger partial charge in [-0.05, 0) is 30.2 Å². The Morgan fingerprint density at radius 2 is 1.78 bits per heavy atom. The highest BCUT2D eigenvalue weighted by Crippen LogP contribution is 2.53. The van der Waals surface area contributed by atoms with E-state index in [1.165, 1.54) is 0 Å². The SMILES string of the molecule is CC1CC(C)(C)CC1(O)c1ccc(F)c(F)c1F. The number of benzene rings is 1. The maximum Gasteiger partial charge on any atom is 0.194 e. The fourth-order valence-electron chi connectivity index (χ4n) is 3.19. The summed E-state index contributed by atoms with van der Waals surface area (Å²) in [5.74, 6) is -4.23. The van der Waals surface area contributed by atoms with Crippen molar-refractivity contribution in [2.45, 2.75) is 39.2 Å². The van der Waals surface area contributed by atoms with Gasteiger partial charge in [-0.15, -0.1) is 0 Å². The molecule has 1 aromatic carbocycles. The third-order valence-corrected chi connectivity index (χ3v) is 3.92. The minimum atomic E-state index is -1.52. The van der Waals surface area contributed by atoms with Crippen LogP contribution < -0.4 is 0 Å². The van der Waals surface area contributed by atoms with Crippen molar-refractivity contribution in [1.82, 2.24) is 0 Å². The Labute approximate surface area is 105 Å². The number of rotatable bonds is 1. The molecule has 2 rings (SSSR count).